The van der Waals surface area contributed by atoms with Gasteiger partial charge >= 0.3 is 0 Å². The van der Waals surface area contributed by atoms with Crippen LogP contribution >= 0.6 is 0 Å². The molecule has 1 amide bonds. The van der Waals surface area contributed by atoms with Crippen molar-refractivity contribution >= 4 is 28.3 Å². The highest BCUT2D eigenvalue weighted by molar-refractivity contribution is 6.07. The van der Waals surface area contributed by atoms with Crippen molar-refractivity contribution in [3.05, 3.63) is 66.1 Å². The molecule has 2 aromatic heterocycles. The number of halogens is 2. The maximum atomic E-state index is 13.7. The monoisotopic (exact) mass is 378 g/mol. The molecule has 0 aliphatic carbocycles. The van der Waals surface area contributed by atoms with Crippen LogP contribution in [0.5, 0.6) is 5.75 Å². The van der Waals surface area contributed by atoms with Gasteiger partial charge in [0.25, 0.3) is 0 Å². The summed E-state index contributed by atoms with van der Waals surface area (Å²) < 4.78 is 27.4. The third-order valence-electron chi connectivity index (χ3n) is 4.71. The van der Waals surface area contributed by atoms with Crippen molar-refractivity contribution in [1.29, 1.82) is 0 Å². The quantitative estimate of drug-likeness (QED) is 0.555. The standard InChI is InChI=1S/C20H12F2N4O2/c21-13-6-11(7-14(22)19(13)28)17-9-24-16-8-18(27)26(20(16)25-17)12-1-2-15-10(5-12)3-4-23-15/h1-7,9,23,28H,8H2. The molecule has 8 heteroatoms. The first-order valence-electron chi connectivity index (χ1n) is 8.45. The number of carbonyl (C=O) groups is 1. The third kappa shape index (κ3) is 2.42. The van der Waals surface area contributed by atoms with E-state index >= 15 is 0 Å². The molecule has 0 spiro atoms. The van der Waals surface area contributed by atoms with E-state index in [1.54, 1.807) is 12.3 Å². The lowest BCUT2D eigenvalue weighted by atomic mass is 10.1. The number of benzene rings is 2. The number of fused-ring (bicyclic) bond motifs is 2. The molecule has 28 heavy (non-hydrogen) atoms. The highest BCUT2D eigenvalue weighted by atomic mass is 19.1. The van der Waals surface area contributed by atoms with Gasteiger partial charge in [0.2, 0.25) is 5.91 Å². The van der Waals surface area contributed by atoms with Crippen LogP contribution in [0, 0.1) is 11.6 Å². The number of nitrogens with one attached hydrogen (secondary N) is 1. The van der Waals surface area contributed by atoms with Crippen LogP contribution in [0.15, 0.2) is 48.8 Å². The number of hydrogen-bond donors (Lipinski definition) is 2. The molecule has 0 unspecified atom stereocenters. The Morgan fingerprint density at radius 2 is 1.89 bits per heavy atom. The van der Waals surface area contributed by atoms with Crippen molar-refractivity contribution in [3.63, 3.8) is 0 Å². The highest BCUT2D eigenvalue weighted by Crippen LogP contribution is 2.36. The molecule has 3 heterocycles. The number of hydrogen-bond acceptors (Lipinski definition) is 4. The first-order valence-corrected chi connectivity index (χ1v) is 8.45. The van der Waals surface area contributed by atoms with Crippen LogP contribution < -0.4 is 4.90 Å². The molecule has 1 aliphatic rings. The number of nitrogens with zero attached hydrogens (tertiary/aromatic N) is 3. The summed E-state index contributed by atoms with van der Waals surface area (Å²) in [6.07, 6.45) is 3.25. The summed E-state index contributed by atoms with van der Waals surface area (Å²) in [7, 11) is 0. The SMILES string of the molecule is O=C1Cc2ncc(-c3cc(F)c(O)c(F)c3)nc2N1c1ccc2[nH]ccc2c1. The number of aromatic nitrogens is 3. The number of phenols is 1. The highest BCUT2D eigenvalue weighted by Gasteiger charge is 2.32. The zero-order valence-electron chi connectivity index (χ0n) is 14.3. The molecule has 2 N–H and O–H groups in total. The Hall–Kier alpha value is -3.81. The number of aromatic amines is 1. The average molecular weight is 378 g/mol. The van der Waals surface area contributed by atoms with E-state index < -0.39 is 17.4 Å². The second-order valence-corrected chi connectivity index (χ2v) is 6.47. The number of carbonyl (C=O) groups excluding carboxylic acids is 1. The van der Waals surface area contributed by atoms with E-state index in [4.69, 9.17) is 0 Å². The molecule has 5 rings (SSSR count). The predicted octanol–water partition coefficient (Wildman–Crippen LogP) is 3.83. The number of H-pyrrole nitrogens is 1. The molecule has 0 bridgehead atoms. The number of phenolic OH excluding ortho intramolecular Hbond substituents is 1. The number of aromatic hydroxyl groups is 1. The molecule has 1 aliphatic heterocycles. The van der Waals surface area contributed by atoms with E-state index in [-0.39, 0.29) is 23.6 Å². The van der Waals surface area contributed by atoms with Crippen molar-refractivity contribution in [1.82, 2.24) is 15.0 Å². The van der Waals surface area contributed by atoms with Gasteiger partial charge in [-0.1, -0.05) is 0 Å². The van der Waals surface area contributed by atoms with Gasteiger partial charge in [0.15, 0.2) is 23.2 Å². The topological polar surface area (TPSA) is 82.1 Å². The number of rotatable bonds is 2. The lowest BCUT2D eigenvalue weighted by Gasteiger charge is -2.17. The lowest BCUT2D eigenvalue weighted by molar-refractivity contribution is -0.116. The maximum absolute atomic E-state index is 13.7. The van der Waals surface area contributed by atoms with Crippen LogP contribution in [0.25, 0.3) is 22.2 Å². The minimum Gasteiger partial charge on any atom is -0.503 e. The number of anilines is 2. The smallest absolute Gasteiger partial charge is 0.238 e. The molecular weight excluding hydrogens is 366 g/mol. The van der Waals surface area contributed by atoms with Gasteiger partial charge in [-0.3, -0.25) is 14.7 Å². The summed E-state index contributed by atoms with van der Waals surface area (Å²) in [5.41, 5.74) is 2.36. The molecule has 2 aromatic carbocycles. The molecule has 0 saturated carbocycles. The van der Waals surface area contributed by atoms with Gasteiger partial charge in [-0.2, -0.15) is 0 Å². The van der Waals surface area contributed by atoms with Gasteiger partial charge in [0, 0.05) is 22.7 Å². The Labute approximate surface area is 157 Å². The zero-order valence-corrected chi connectivity index (χ0v) is 14.3. The van der Waals surface area contributed by atoms with Gasteiger partial charge in [0.05, 0.1) is 29.7 Å². The fourth-order valence-corrected chi connectivity index (χ4v) is 3.35. The molecule has 138 valence electrons. The zero-order chi connectivity index (χ0) is 19.4. The van der Waals surface area contributed by atoms with Crippen LogP contribution in [0.3, 0.4) is 0 Å². The Bertz CT molecular complexity index is 1250. The molecular formula is C20H12F2N4O2. The second kappa shape index (κ2) is 5.85. The molecule has 0 saturated heterocycles. The normalized spacial score (nSPS) is 13.4. The second-order valence-electron chi connectivity index (χ2n) is 6.47. The Morgan fingerprint density at radius 1 is 1.11 bits per heavy atom. The summed E-state index contributed by atoms with van der Waals surface area (Å²) in [6, 6.07) is 9.35. The van der Waals surface area contributed by atoms with Crippen molar-refractivity contribution < 1.29 is 18.7 Å². The van der Waals surface area contributed by atoms with Gasteiger partial charge < -0.3 is 10.1 Å². The van der Waals surface area contributed by atoms with Crippen LogP contribution in [-0.2, 0) is 11.2 Å². The van der Waals surface area contributed by atoms with Crippen molar-refractivity contribution in [2.45, 2.75) is 6.42 Å². The maximum Gasteiger partial charge on any atom is 0.238 e. The Morgan fingerprint density at radius 3 is 2.68 bits per heavy atom. The van der Waals surface area contributed by atoms with E-state index in [9.17, 15) is 18.7 Å². The van der Waals surface area contributed by atoms with Crippen LogP contribution in [0.4, 0.5) is 20.3 Å². The molecule has 0 radical (unpaired) electrons. The van der Waals surface area contributed by atoms with Crippen LogP contribution in [0.1, 0.15) is 5.69 Å². The molecule has 0 fully saturated rings. The number of amides is 1. The summed E-state index contributed by atoms with van der Waals surface area (Å²) in [4.78, 5) is 25.8. The summed E-state index contributed by atoms with van der Waals surface area (Å²) in [6.45, 7) is 0. The van der Waals surface area contributed by atoms with Crippen LogP contribution in [-0.4, -0.2) is 26.0 Å². The minimum atomic E-state index is -1.09. The van der Waals surface area contributed by atoms with Crippen LogP contribution in [0.2, 0.25) is 0 Å². The van der Waals surface area contributed by atoms with Gasteiger partial charge in [-0.25, -0.2) is 13.8 Å². The van der Waals surface area contributed by atoms with E-state index in [1.165, 1.54) is 11.1 Å². The van der Waals surface area contributed by atoms with Gasteiger partial charge in [0.1, 0.15) is 0 Å². The summed E-state index contributed by atoms with van der Waals surface area (Å²) in [5, 5.41) is 10.2. The van der Waals surface area contributed by atoms with E-state index in [1.807, 2.05) is 18.2 Å². The molecule has 6 nitrogen and oxygen atoms in total. The van der Waals surface area contributed by atoms with Gasteiger partial charge in [-0.15, -0.1) is 0 Å². The average Bonchev–Trinajstić information content (AvgIpc) is 3.27. The fraction of sp³-hybridized carbons (Fsp3) is 0.0500. The minimum absolute atomic E-state index is 0.0894. The van der Waals surface area contributed by atoms with Gasteiger partial charge in [-0.05, 0) is 36.4 Å². The predicted molar refractivity (Wildman–Crippen MR) is 98.2 cm³/mol. The van der Waals surface area contributed by atoms with E-state index in [2.05, 4.69) is 15.0 Å². The first-order chi connectivity index (χ1) is 13.5. The Kier molecular flexibility index (Phi) is 3.42. The van der Waals surface area contributed by atoms with E-state index in [0.717, 1.165) is 23.0 Å². The third-order valence-corrected chi connectivity index (χ3v) is 4.71. The largest absolute Gasteiger partial charge is 0.503 e. The van der Waals surface area contributed by atoms with Crippen molar-refractivity contribution in [3.8, 4) is 17.0 Å². The Balaban J connectivity index is 1.63. The first kappa shape index (κ1) is 16.4. The summed E-state index contributed by atoms with van der Waals surface area (Å²) >= 11 is 0. The fourth-order valence-electron chi connectivity index (χ4n) is 3.35. The van der Waals surface area contributed by atoms with Crippen molar-refractivity contribution in [2.75, 3.05) is 4.90 Å². The molecule has 0 atom stereocenters. The van der Waals surface area contributed by atoms with E-state index in [0.29, 0.717) is 17.2 Å². The lowest BCUT2D eigenvalue weighted by Crippen LogP contribution is -2.21. The molecule has 4 aromatic rings. The summed E-state index contributed by atoms with van der Waals surface area (Å²) in [5.74, 6) is -3.10. The van der Waals surface area contributed by atoms with Crippen molar-refractivity contribution in [2.24, 2.45) is 0 Å².